The number of allylic oxidation sites excluding steroid dienone is 1. The summed E-state index contributed by atoms with van der Waals surface area (Å²) in [6, 6.07) is 4.26. The maximum absolute atomic E-state index is 14.8. The molecule has 0 aliphatic carbocycles. The van der Waals surface area contributed by atoms with Gasteiger partial charge in [0.05, 0.1) is 30.8 Å². The summed E-state index contributed by atoms with van der Waals surface area (Å²) < 4.78 is 12.4. The molecule has 41 heavy (non-hydrogen) atoms. The highest BCUT2D eigenvalue weighted by atomic mass is 16.6. The van der Waals surface area contributed by atoms with E-state index in [4.69, 9.17) is 9.47 Å². The monoisotopic (exact) mass is 566 g/mol. The molecule has 8 nitrogen and oxygen atoms in total. The molecule has 3 aliphatic heterocycles. The minimum absolute atomic E-state index is 0.164. The first-order chi connectivity index (χ1) is 19.5. The highest BCUT2D eigenvalue weighted by Gasteiger charge is 2.79. The Kier molecular flexibility index (Phi) is 9.14. The van der Waals surface area contributed by atoms with Crippen LogP contribution in [0, 0.1) is 31.6 Å². The summed E-state index contributed by atoms with van der Waals surface area (Å²) in [4.78, 5) is 46.1. The van der Waals surface area contributed by atoms with E-state index in [1.807, 2.05) is 52.8 Å². The van der Waals surface area contributed by atoms with E-state index in [0.717, 1.165) is 16.8 Å². The summed E-state index contributed by atoms with van der Waals surface area (Å²) >= 11 is 0. The number of aliphatic hydroxyl groups excluding tert-OH is 1. The van der Waals surface area contributed by atoms with E-state index in [1.165, 1.54) is 0 Å². The molecule has 0 radical (unpaired) electrons. The van der Waals surface area contributed by atoms with Crippen molar-refractivity contribution in [2.45, 2.75) is 90.0 Å². The van der Waals surface area contributed by atoms with E-state index in [-0.39, 0.29) is 37.5 Å². The van der Waals surface area contributed by atoms with Crippen molar-refractivity contribution in [3.05, 3.63) is 54.6 Å². The zero-order valence-corrected chi connectivity index (χ0v) is 25.2. The van der Waals surface area contributed by atoms with Gasteiger partial charge in [0.25, 0.3) is 5.91 Å². The number of aryl methyl sites for hydroxylation is 2. The molecule has 4 rings (SSSR count). The van der Waals surface area contributed by atoms with Crippen LogP contribution in [0.4, 0.5) is 5.69 Å². The normalized spacial score (nSPS) is 29.0. The smallest absolute Gasteiger partial charge is 0.312 e. The third-order valence-electron chi connectivity index (χ3n) is 9.13. The van der Waals surface area contributed by atoms with Gasteiger partial charge in [0.1, 0.15) is 17.6 Å². The van der Waals surface area contributed by atoms with E-state index in [0.29, 0.717) is 32.1 Å². The Hall–Kier alpha value is -2.97. The van der Waals surface area contributed by atoms with E-state index >= 15 is 0 Å². The average molecular weight is 567 g/mol. The number of hydrogen-bond acceptors (Lipinski definition) is 6. The Morgan fingerprint density at radius 3 is 2.49 bits per heavy atom. The van der Waals surface area contributed by atoms with Crippen LogP contribution < -0.4 is 4.90 Å². The Bertz CT molecular complexity index is 1180. The number of para-hydroxylation sites is 1. The number of nitrogens with zero attached hydrogens (tertiary/aromatic N) is 2. The molecule has 2 bridgehead atoms. The molecule has 1 aromatic rings. The molecule has 8 heteroatoms. The molecule has 3 aliphatic rings. The summed E-state index contributed by atoms with van der Waals surface area (Å²) in [7, 11) is 0. The van der Waals surface area contributed by atoms with Crippen LogP contribution in [0.2, 0.25) is 0 Å². The number of amides is 2. The van der Waals surface area contributed by atoms with Crippen LogP contribution in [0.25, 0.3) is 0 Å². The first-order valence-corrected chi connectivity index (χ1v) is 14.9. The number of likely N-dealkylation sites (tertiary alicyclic amines) is 1. The van der Waals surface area contributed by atoms with Gasteiger partial charge in [-0.2, -0.15) is 0 Å². The maximum Gasteiger partial charge on any atom is 0.312 e. The minimum atomic E-state index is -1.20. The van der Waals surface area contributed by atoms with Crippen molar-refractivity contribution in [3.63, 3.8) is 0 Å². The molecule has 3 heterocycles. The number of carbonyl (C=O) groups is 3. The lowest BCUT2D eigenvalue weighted by Gasteiger charge is -2.40. The van der Waals surface area contributed by atoms with Crippen LogP contribution in [0.3, 0.4) is 0 Å². The van der Waals surface area contributed by atoms with Crippen LogP contribution in [0.15, 0.2) is 43.5 Å². The molecule has 0 aromatic heterocycles. The number of unbranched alkanes of at least 4 members (excludes halogenated alkanes) is 1. The van der Waals surface area contributed by atoms with Crippen molar-refractivity contribution in [1.82, 2.24) is 4.90 Å². The zero-order chi connectivity index (χ0) is 30.1. The molecule has 3 fully saturated rings. The van der Waals surface area contributed by atoms with Crippen LogP contribution in [-0.2, 0) is 23.9 Å². The Morgan fingerprint density at radius 1 is 1.22 bits per heavy atom. The van der Waals surface area contributed by atoms with Gasteiger partial charge in [0.15, 0.2) is 0 Å². The van der Waals surface area contributed by atoms with E-state index in [2.05, 4.69) is 13.2 Å². The third-order valence-corrected chi connectivity index (χ3v) is 9.13. The van der Waals surface area contributed by atoms with Gasteiger partial charge < -0.3 is 24.4 Å². The molecule has 6 atom stereocenters. The van der Waals surface area contributed by atoms with Gasteiger partial charge in [-0.3, -0.25) is 14.4 Å². The summed E-state index contributed by atoms with van der Waals surface area (Å²) in [6.07, 6.45) is 6.30. The number of esters is 1. The van der Waals surface area contributed by atoms with Gasteiger partial charge in [-0.25, -0.2) is 0 Å². The molecular formula is C33H46N2O6. The van der Waals surface area contributed by atoms with Gasteiger partial charge in [0, 0.05) is 12.2 Å². The number of aliphatic hydroxyl groups is 1. The van der Waals surface area contributed by atoms with Crippen LogP contribution >= 0.6 is 0 Å². The lowest BCUT2D eigenvalue weighted by atomic mass is 9.66. The molecule has 2 unspecified atom stereocenters. The molecule has 1 aromatic carbocycles. The Labute approximate surface area is 244 Å². The van der Waals surface area contributed by atoms with E-state index < -0.39 is 41.1 Å². The van der Waals surface area contributed by atoms with Gasteiger partial charge >= 0.3 is 5.97 Å². The summed E-state index contributed by atoms with van der Waals surface area (Å²) in [5, 5.41) is 10.5. The molecule has 1 spiro atoms. The number of ether oxygens (including phenoxy) is 2. The van der Waals surface area contributed by atoms with Crippen LogP contribution in [0.5, 0.6) is 0 Å². The highest BCUT2D eigenvalue weighted by molar-refractivity contribution is 6.05. The van der Waals surface area contributed by atoms with Gasteiger partial charge in [0.2, 0.25) is 5.91 Å². The quantitative estimate of drug-likeness (QED) is 0.215. The van der Waals surface area contributed by atoms with Gasteiger partial charge in [-0.15, -0.1) is 13.2 Å². The molecule has 0 saturated carbocycles. The predicted molar refractivity (Wildman–Crippen MR) is 158 cm³/mol. The second-order valence-electron chi connectivity index (χ2n) is 12.5. The SMILES string of the molecule is C=CCCCOC(=O)[C@H]1[C@H]2C(=O)N([C@@H](CO)CC(C)C)C(C(=O)N(CC=C)c3c(C)cccc3C)C23CC[C@]1(C)O3. The average Bonchev–Trinajstić information content (AvgIpc) is 3.49. The topological polar surface area (TPSA) is 96.4 Å². The standard InChI is InChI=1S/C33H46N2O6/c1-8-10-11-18-40-31(39)26-25-29(37)35(24(20-36)19-21(3)4)28(33(25)16-15-32(26,7)41-33)30(38)34(17-9-2)27-22(5)13-12-14-23(27)6/h8-9,12-14,21,24-26,28,36H,1-2,10-11,15-20H2,3-7H3/t24-,25+,26-,28?,32+,33?/m1/s1. The van der Waals surface area contributed by atoms with Crippen LogP contribution in [0.1, 0.15) is 64.0 Å². The highest BCUT2D eigenvalue weighted by Crippen LogP contribution is 2.64. The zero-order valence-electron chi connectivity index (χ0n) is 25.2. The Balaban J connectivity index is 1.82. The molecule has 224 valence electrons. The lowest BCUT2D eigenvalue weighted by molar-refractivity contribution is -0.160. The minimum Gasteiger partial charge on any atom is -0.465 e. The lowest BCUT2D eigenvalue weighted by Crippen LogP contribution is -2.59. The fraction of sp³-hybridized carbons (Fsp3) is 0.606. The van der Waals surface area contributed by atoms with Crippen LogP contribution in [-0.4, -0.2) is 70.8 Å². The molecular weight excluding hydrogens is 520 g/mol. The first kappa shape index (κ1) is 31.0. The predicted octanol–water partition coefficient (Wildman–Crippen LogP) is 4.50. The van der Waals surface area contributed by atoms with Crippen molar-refractivity contribution >= 4 is 23.5 Å². The fourth-order valence-corrected chi connectivity index (χ4v) is 7.50. The Morgan fingerprint density at radius 2 is 1.90 bits per heavy atom. The number of hydrogen-bond donors (Lipinski definition) is 1. The van der Waals surface area contributed by atoms with Crippen molar-refractivity contribution in [2.75, 3.05) is 24.7 Å². The number of fused-ring (bicyclic) bond motifs is 1. The summed E-state index contributed by atoms with van der Waals surface area (Å²) in [5.41, 5.74) is 0.501. The molecule has 3 saturated heterocycles. The number of carbonyl (C=O) groups excluding carboxylic acids is 3. The summed E-state index contributed by atoms with van der Waals surface area (Å²) in [5.74, 6) is -2.61. The second-order valence-corrected chi connectivity index (χ2v) is 12.5. The van der Waals surface area contributed by atoms with Crippen molar-refractivity contribution in [1.29, 1.82) is 0 Å². The van der Waals surface area contributed by atoms with E-state index in [9.17, 15) is 19.5 Å². The second kappa shape index (κ2) is 12.1. The fourth-order valence-electron chi connectivity index (χ4n) is 7.50. The van der Waals surface area contributed by atoms with Crippen molar-refractivity contribution < 1.29 is 29.0 Å². The first-order valence-electron chi connectivity index (χ1n) is 14.9. The molecule has 1 N–H and O–H groups in total. The molecule has 2 amide bonds. The van der Waals surface area contributed by atoms with Crippen molar-refractivity contribution in [2.24, 2.45) is 17.8 Å². The van der Waals surface area contributed by atoms with Gasteiger partial charge in [-0.1, -0.05) is 44.2 Å². The number of anilines is 1. The van der Waals surface area contributed by atoms with Crippen molar-refractivity contribution in [3.8, 4) is 0 Å². The van der Waals surface area contributed by atoms with Gasteiger partial charge in [-0.05, 0) is 69.9 Å². The third kappa shape index (κ3) is 5.25. The number of benzene rings is 1. The van der Waals surface area contributed by atoms with E-state index in [1.54, 1.807) is 22.0 Å². The maximum atomic E-state index is 14.8. The summed E-state index contributed by atoms with van der Waals surface area (Å²) in [6.45, 7) is 17.6. The largest absolute Gasteiger partial charge is 0.465 e. The number of rotatable bonds is 13.